The number of aromatic amines is 1. The average molecular weight is 712 g/mol. The van der Waals surface area contributed by atoms with Crippen LogP contribution in [0.2, 0.25) is 0 Å². The molecule has 4 aliphatic heterocycles. The summed E-state index contributed by atoms with van der Waals surface area (Å²) in [6, 6.07) is 0. The first-order valence-electron chi connectivity index (χ1n) is 13.0. The van der Waals surface area contributed by atoms with Crippen LogP contribution in [0.25, 0.3) is 11.2 Å². The summed E-state index contributed by atoms with van der Waals surface area (Å²) in [4.78, 5) is 38.8. The molecule has 0 unspecified atom stereocenters. The van der Waals surface area contributed by atoms with Gasteiger partial charge in [-0.15, -0.1) is 5.10 Å². The first-order chi connectivity index (χ1) is 21.3. The molecular formula is C20H21F2N9O10P2S2. The van der Waals surface area contributed by atoms with E-state index >= 15 is 8.78 Å². The second-order valence-corrected chi connectivity index (χ2v) is 15.9. The van der Waals surface area contributed by atoms with Gasteiger partial charge in [-0.25, -0.2) is 27.9 Å². The van der Waals surface area contributed by atoms with Crippen LogP contribution in [0, 0.1) is 0 Å². The van der Waals surface area contributed by atoms with Crippen LogP contribution in [0.4, 0.5) is 20.5 Å². The van der Waals surface area contributed by atoms with Crippen LogP contribution >= 0.6 is 38.1 Å². The Morgan fingerprint density at radius 2 is 1.69 bits per heavy atom. The number of carbonyl (C=O) groups is 1. The highest BCUT2D eigenvalue weighted by molar-refractivity contribution is 8.44. The van der Waals surface area contributed by atoms with Gasteiger partial charge in [0.2, 0.25) is 5.95 Å². The Balaban J connectivity index is 1.20. The topological polar surface area (TPSA) is 239 Å². The van der Waals surface area contributed by atoms with Crippen molar-refractivity contribution < 1.29 is 50.3 Å². The molecule has 10 atom stereocenters. The van der Waals surface area contributed by atoms with E-state index in [0.717, 1.165) is 15.6 Å². The predicted octanol–water partition coefficient (Wildman–Crippen LogP) is 1.65. The zero-order valence-electron chi connectivity index (χ0n) is 22.2. The van der Waals surface area contributed by atoms with Crippen LogP contribution < -0.4 is 11.3 Å². The highest BCUT2D eigenvalue weighted by atomic mass is 32.7. The number of Topliss-reactive ketones (excluding diaryl/α,β-unsaturated/α-hetero) is 1. The van der Waals surface area contributed by atoms with Crippen molar-refractivity contribution in [1.82, 2.24) is 34.5 Å². The van der Waals surface area contributed by atoms with E-state index in [1.165, 1.54) is 6.21 Å². The Labute approximate surface area is 259 Å². The van der Waals surface area contributed by atoms with Gasteiger partial charge in [-0.2, -0.15) is 9.67 Å². The Bertz CT molecular complexity index is 1880. The average Bonchev–Trinajstić information content (AvgIpc) is 3.72. The van der Waals surface area contributed by atoms with Crippen molar-refractivity contribution in [2.45, 2.75) is 55.6 Å². The number of nitrogens with zero attached hydrogens (tertiary/aromatic N) is 7. The molecule has 7 heterocycles. The van der Waals surface area contributed by atoms with E-state index < -0.39 is 87.4 Å². The van der Waals surface area contributed by atoms with Gasteiger partial charge in [-0.3, -0.25) is 37.2 Å². The number of aromatic nitrogens is 7. The van der Waals surface area contributed by atoms with E-state index in [1.54, 1.807) is 0 Å². The van der Waals surface area contributed by atoms with Gasteiger partial charge < -0.3 is 15.2 Å². The molecule has 3 aromatic rings. The Hall–Kier alpha value is -2.59. The van der Waals surface area contributed by atoms with Gasteiger partial charge in [-0.1, -0.05) is 29.7 Å². The summed E-state index contributed by atoms with van der Waals surface area (Å²) >= 11 is 7.89. The summed E-state index contributed by atoms with van der Waals surface area (Å²) in [5, 5.41) is 7.54. The zero-order valence-corrected chi connectivity index (χ0v) is 25.8. The number of ether oxygens (including phenoxy) is 2. The quantitative estimate of drug-likeness (QED) is 0.218. The lowest BCUT2D eigenvalue weighted by Crippen LogP contribution is -2.33. The van der Waals surface area contributed by atoms with Crippen molar-refractivity contribution in [3.63, 3.8) is 0 Å². The van der Waals surface area contributed by atoms with Gasteiger partial charge >= 0.3 is 13.6 Å². The number of carbonyl (C=O) groups excluding carboxylic acids is 1. The number of nitrogen functional groups attached to an aromatic ring is 1. The molecule has 3 saturated heterocycles. The normalized spacial score (nSPS) is 38.8. The number of rotatable bonds is 2. The van der Waals surface area contributed by atoms with Gasteiger partial charge in [0.05, 0.1) is 19.5 Å². The van der Waals surface area contributed by atoms with Crippen molar-refractivity contribution in [3.05, 3.63) is 22.4 Å². The highest BCUT2D eigenvalue weighted by Crippen LogP contribution is 2.60. The predicted molar refractivity (Wildman–Crippen MR) is 152 cm³/mol. The fourth-order valence-electron chi connectivity index (χ4n) is 5.22. The van der Waals surface area contributed by atoms with E-state index in [2.05, 4.69) is 54.8 Å². The molecule has 0 radical (unpaired) electrons. The molecule has 7 rings (SSSR count). The van der Waals surface area contributed by atoms with E-state index in [4.69, 9.17) is 33.3 Å². The molecule has 0 spiro atoms. The first-order valence-corrected chi connectivity index (χ1v) is 18.3. The Morgan fingerprint density at radius 1 is 1.00 bits per heavy atom. The lowest BCUT2D eigenvalue weighted by atomic mass is 10.1. The molecule has 45 heavy (non-hydrogen) atoms. The number of nitrogens with one attached hydrogen (secondary N) is 1. The number of halogens is 2. The smallest absolute Gasteiger partial charge is 0.369 e. The minimum atomic E-state index is -4.52. The number of thiol groups is 2. The second kappa shape index (κ2) is 11.3. The fraction of sp³-hybridized carbons (Fsp3) is 0.550. The number of alkyl halides is 2. The number of hydrogen-bond donors (Lipinski definition) is 4. The molecule has 3 aromatic heterocycles. The summed E-state index contributed by atoms with van der Waals surface area (Å²) in [6.07, 6.45) is -11.5. The van der Waals surface area contributed by atoms with Crippen LogP contribution in [0.5, 0.6) is 0 Å². The number of H-pyrrole nitrogens is 1. The molecule has 3 N–H and O–H groups in total. The van der Waals surface area contributed by atoms with E-state index in [0.29, 0.717) is 0 Å². The third-order valence-corrected chi connectivity index (χ3v) is 10.5. The first kappa shape index (κ1) is 31.0. The SMILES string of the molecule is Nc1nc2c(ncn2[C@@H]2O[C@@H]3CO[P@@](=O)(S)O[C@H]4[C@H](F)[C@H](n5nnc6c5N=CCC6=O)O[C@@H]4CO[P@@](=O)(S)O[C@@H]2[C@H]3F)c(=O)[nH]1. The van der Waals surface area contributed by atoms with E-state index in [1.807, 2.05) is 0 Å². The number of imidazole rings is 1. The van der Waals surface area contributed by atoms with Crippen molar-refractivity contribution >= 4 is 73.0 Å². The lowest BCUT2D eigenvalue weighted by molar-refractivity contribution is -0.0587. The molecule has 0 saturated carbocycles. The zero-order chi connectivity index (χ0) is 31.8. The van der Waals surface area contributed by atoms with Crippen molar-refractivity contribution in [2.75, 3.05) is 18.9 Å². The maximum absolute atomic E-state index is 15.9. The number of fused-ring (bicyclic) bond motifs is 5. The van der Waals surface area contributed by atoms with Crippen LogP contribution in [0.3, 0.4) is 0 Å². The molecule has 25 heteroatoms. The second-order valence-electron chi connectivity index (χ2n) is 10.1. The monoisotopic (exact) mass is 711 g/mol. The molecule has 0 amide bonds. The summed E-state index contributed by atoms with van der Waals surface area (Å²) in [7, 11) is 0. The molecule has 242 valence electrons. The summed E-state index contributed by atoms with van der Waals surface area (Å²) in [5.74, 6) is -0.763. The van der Waals surface area contributed by atoms with E-state index in [9.17, 15) is 18.7 Å². The van der Waals surface area contributed by atoms with Gasteiger partial charge in [0, 0.05) is 12.6 Å². The third-order valence-electron chi connectivity index (χ3n) is 7.24. The molecule has 3 fully saturated rings. The van der Waals surface area contributed by atoms with Crippen molar-refractivity contribution in [1.29, 1.82) is 0 Å². The van der Waals surface area contributed by atoms with Crippen LogP contribution in [0.15, 0.2) is 16.1 Å². The summed E-state index contributed by atoms with van der Waals surface area (Å²) < 4.78 is 93.5. The van der Waals surface area contributed by atoms with Crippen LogP contribution in [-0.2, 0) is 36.7 Å². The maximum Gasteiger partial charge on any atom is 0.386 e. The maximum atomic E-state index is 15.9. The Kier molecular flexibility index (Phi) is 7.78. The molecule has 2 bridgehead atoms. The lowest BCUT2D eigenvalue weighted by Gasteiger charge is -2.26. The molecule has 0 aliphatic carbocycles. The minimum absolute atomic E-state index is 0.0257. The largest absolute Gasteiger partial charge is 0.386 e. The summed E-state index contributed by atoms with van der Waals surface area (Å²) in [5.41, 5.74) is 4.57. The van der Waals surface area contributed by atoms with Gasteiger partial charge in [-0.05, 0) is 0 Å². The van der Waals surface area contributed by atoms with Crippen LogP contribution in [0.1, 0.15) is 29.4 Å². The number of ketones is 1. The number of aliphatic imine (C=N–C) groups is 1. The Morgan fingerprint density at radius 3 is 2.44 bits per heavy atom. The molecule has 0 aromatic carbocycles. The number of anilines is 1. The highest BCUT2D eigenvalue weighted by Gasteiger charge is 2.55. The van der Waals surface area contributed by atoms with E-state index in [-0.39, 0.29) is 35.0 Å². The molecule has 4 aliphatic rings. The van der Waals surface area contributed by atoms with Gasteiger partial charge in [0.15, 0.2) is 53.3 Å². The van der Waals surface area contributed by atoms with Crippen molar-refractivity contribution in [2.24, 2.45) is 4.99 Å². The number of nitrogens with two attached hydrogens (primary N) is 1. The fourth-order valence-corrected chi connectivity index (χ4v) is 8.16. The molecule has 19 nitrogen and oxygen atoms in total. The number of hydrogen-bond acceptors (Lipinski definition) is 16. The van der Waals surface area contributed by atoms with Crippen molar-refractivity contribution in [3.8, 4) is 0 Å². The standard InChI is InChI=1S/C20H21F2N9O10P2S2/c21-9-7-3-36-42(34,44)40-13-8(39-18(10(13)22)31-15-11(28-29-31)6(32)1-2-24-15)4-37-43(35,45)41-14(9)19(38-7)30-5-25-12-16(30)26-20(23)27-17(12)33/h2,5,7-10,13-14,18-19H,1,3-4H2,(H,34,44)(H,35,45)(H3,23,26,27,33)/t7-,8-,9+,10+,13-,14-,18-,19-,42-,43-/m1/s1. The summed E-state index contributed by atoms with van der Waals surface area (Å²) in [6.45, 7) is -10.6. The van der Waals surface area contributed by atoms with Gasteiger partial charge in [0.25, 0.3) is 5.56 Å². The molecular weight excluding hydrogens is 690 g/mol. The minimum Gasteiger partial charge on any atom is -0.369 e. The third kappa shape index (κ3) is 5.57. The van der Waals surface area contributed by atoms with Crippen LogP contribution in [-0.4, -0.2) is 96.5 Å². The van der Waals surface area contributed by atoms with Gasteiger partial charge in [0.1, 0.15) is 24.4 Å².